The predicted octanol–water partition coefficient (Wildman–Crippen LogP) is 2.67. The van der Waals surface area contributed by atoms with Crippen molar-refractivity contribution in [1.82, 2.24) is 9.89 Å². The number of carboxylic acid groups (broad SMARTS) is 1. The molecule has 0 aromatic heterocycles. The summed E-state index contributed by atoms with van der Waals surface area (Å²) in [5.74, 6) is -3.08. The van der Waals surface area contributed by atoms with Crippen LogP contribution in [-0.4, -0.2) is 58.9 Å². The third kappa shape index (κ3) is 5.64. The first-order chi connectivity index (χ1) is 19.1. The SMILES string of the molecule is CN(C)c1ccc2c(-c3ccc(C(=O)NCCCN=[N+]=[N-])cc3C(=O)C(=O)[O-])c3ccc(=[N+](C)C)cc-3oc2c1. The Labute approximate surface area is 229 Å². The first-order valence-corrected chi connectivity index (χ1v) is 12.5. The fraction of sp³-hybridized carbons (Fsp3) is 0.241. The number of nitrogens with one attached hydrogen (secondary N) is 1. The number of fused-ring (bicyclic) bond motifs is 2. The molecule has 1 N–H and O–H groups in total. The summed E-state index contributed by atoms with van der Waals surface area (Å²) in [5, 5.41) is 19.4. The molecule has 40 heavy (non-hydrogen) atoms. The molecule has 0 saturated carbocycles. The number of Topliss-reactive ketones (excluding diaryl/α,β-unsaturated/α-hetero) is 1. The summed E-state index contributed by atoms with van der Waals surface area (Å²) in [6.45, 7) is 0.454. The van der Waals surface area contributed by atoms with Gasteiger partial charge < -0.3 is 24.5 Å². The van der Waals surface area contributed by atoms with E-state index in [4.69, 9.17) is 9.95 Å². The highest BCUT2D eigenvalue weighted by molar-refractivity contribution is 6.40. The molecule has 4 rings (SSSR count). The Balaban J connectivity index is 1.96. The number of anilines is 1. The molecule has 204 valence electrons. The number of aliphatic carboxylic acids is 1. The van der Waals surface area contributed by atoms with E-state index in [0.29, 0.717) is 39.8 Å². The average Bonchev–Trinajstić information content (AvgIpc) is 2.94. The van der Waals surface area contributed by atoms with Gasteiger partial charge in [-0.15, -0.1) is 0 Å². The monoisotopic (exact) mass is 540 g/mol. The summed E-state index contributed by atoms with van der Waals surface area (Å²) >= 11 is 0. The van der Waals surface area contributed by atoms with Gasteiger partial charge in [0.05, 0.1) is 6.07 Å². The third-order valence-corrected chi connectivity index (χ3v) is 6.49. The maximum absolute atomic E-state index is 12.9. The van der Waals surface area contributed by atoms with Gasteiger partial charge in [-0.25, -0.2) is 4.58 Å². The van der Waals surface area contributed by atoms with E-state index in [1.54, 1.807) is 6.07 Å². The molecule has 2 aliphatic rings. The number of amides is 1. The zero-order chi connectivity index (χ0) is 29.0. The molecular weight excluding hydrogens is 512 g/mol. The molecule has 1 aliphatic heterocycles. The Morgan fingerprint density at radius 3 is 2.48 bits per heavy atom. The van der Waals surface area contributed by atoms with Gasteiger partial charge in [-0.05, 0) is 47.8 Å². The highest BCUT2D eigenvalue weighted by atomic mass is 16.4. The van der Waals surface area contributed by atoms with Crippen molar-refractivity contribution in [3.8, 4) is 22.5 Å². The van der Waals surface area contributed by atoms with Gasteiger partial charge in [-0.3, -0.25) is 9.59 Å². The van der Waals surface area contributed by atoms with Crippen molar-refractivity contribution in [2.75, 3.05) is 46.2 Å². The normalized spacial score (nSPS) is 10.7. The molecule has 11 heteroatoms. The minimum atomic E-state index is -1.88. The second-order valence-corrected chi connectivity index (χ2v) is 9.57. The molecule has 0 saturated heterocycles. The highest BCUT2D eigenvalue weighted by Gasteiger charge is 2.24. The summed E-state index contributed by atoms with van der Waals surface area (Å²) < 4.78 is 8.24. The highest BCUT2D eigenvalue weighted by Crippen LogP contribution is 2.42. The summed E-state index contributed by atoms with van der Waals surface area (Å²) in [5.41, 5.74) is 11.3. The van der Waals surface area contributed by atoms with Crippen LogP contribution in [0.3, 0.4) is 0 Å². The zero-order valence-electron chi connectivity index (χ0n) is 22.6. The van der Waals surface area contributed by atoms with E-state index in [1.165, 1.54) is 12.1 Å². The number of hydrogen-bond donors (Lipinski definition) is 1. The van der Waals surface area contributed by atoms with E-state index in [0.717, 1.165) is 11.0 Å². The van der Waals surface area contributed by atoms with Crippen LogP contribution in [-0.2, 0) is 4.79 Å². The van der Waals surface area contributed by atoms with E-state index in [9.17, 15) is 19.5 Å². The fourth-order valence-corrected chi connectivity index (χ4v) is 4.41. The molecule has 0 radical (unpaired) electrons. The third-order valence-electron chi connectivity index (χ3n) is 6.49. The Hall–Kier alpha value is -5.15. The van der Waals surface area contributed by atoms with Crippen LogP contribution in [0, 0.1) is 0 Å². The molecule has 0 bridgehead atoms. The smallest absolute Gasteiger partial charge is 0.251 e. The Morgan fingerprint density at radius 2 is 1.80 bits per heavy atom. The van der Waals surface area contributed by atoms with E-state index in [1.807, 2.05) is 74.1 Å². The van der Waals surface area contributed by atoms with Gasteiger partial charge in [0, 0.05) is 77.6 Å². The predicted molar refractivity (Wildman–Crippen MR) is 150 cm³/mol. The molecule has 0 fully saturated rings. The largest absolute Gasteiger partial charge is 0.541 e. The Bertz CT molecular complexity index is 1730. The van der Waals surface area contributed by atoms with Crippen LogP contribution >= 0.6 is 0 Å². The first kappa shape index (κ1) is 27.9. The number of rotatable bonds is 9. The standard InChI is InChI=1S/C29H28N6O5/c1-34(2)18-7-10-21-24(15-18)40-25-16-19(35(3)4)8-11-22(25)26(21)20-9-6-17(14-23(20)27(36)29(38)39)28(37)31-12-5-13-32-33-30/h6-11,14-16H,5,12-13H2,1-4H3,(H-,31,37,38,39). The van der Waals surface area contributed by atoms with Crippen molar-refractivity contribution < 1.29 is 23.9 Å². The van der Waals surface area contributed by atoms with E-state index >= 15 is 0 Å². The van der Waals surface area contributed by atoms with Gasteiger partial charge in [0.15, 0.2) is 0 Å². The summed E-state index contributed by atoms with van der Waals surface area (Å²) in [6.07, 6.45) is 0.425. The summed E-state index contributed by atoms with van der Waals surface area (Å²) in [6, 6.07) is 15.6. The number of ketones is 1. The number of benzene rings is 3. The lowest BCUT2D eigenvalue weighted by molar-refractivity contribution is -0.296. The Kier molecular flexibility index (Phi) is 8.16. The van der Waals surface area contributed by atoms with Gasteiger partial charge in [-0.2, -0.15) is 0 Å². The number of carbonyl (C=O) groups excluding carboxylic acids is 3. The van der Waals surface area contributed by atoms with Crippen molar-refractivity contribution >= 4 is 34.3 Å². The van der Waals surface area contributed by atoms with Gasteiger partial charge >= 0.3 is 0 Å². The molecule has 0 atom stereocenters. The molecule has 1 aliphatic carbocycles. The molecule has 11 nitrogen and oxygen atoms in total. The lowest BCUT2D eigenvalue weighted by Gasteiger charge is -2.20. The maximum atomic E-state index is 12.9. The molecule has 0 spiro atoms. The van der Waals surface area contributed by atoms with Crippen LogP contribution in [0.1, 0.15) is 27.1 Å². The summed E-state index contributed by atoms with van der Waals surface area (Å²) in [7, 11) is 7.63. The van der Waals surface area contributed by atoms with Crippen LogP contribution in [0.2, 0.25) is 0 Å². The van der Waals surface area contributed by atoms with Gasteiger partial charge in [-0.1, -0.05) is 11.2 Å². The van der Waals surface area contributed by atoms with E-state index in [2.05, 4.69) is 15.3 Å². The second-order valence-electron chi connectivity index (χ2n) is 9.57. The van der Waals surface area contributed by atoms with Gasteiger partial charge in [0.25, 0.3) is 5.91 Å². The number of hydrogen-bond acceptors (Lipinski definition) is 7. The number of carbonyl (C=O) groups is 3. The van der Waals surface area contributed by atoms with Crippen molar-refractivity contribution in [3.63, 3.8) is 0 Å². The first-order valence-electron chi connectivity index (χ1n) is 12.5. The van der Waals surface area contributed by atoms with Crippen LogP contribution in [0.25, 0.3) is 43.9 Å². The van der Waals surface area contributed by atoms with Gasteiger partial charge in [0.1, 0.15) is 31.4 Å². The second kappa shape index (κ2) is 11.7. The maximum Gasteiger partial charge on any atom is 0.251 e. The summed E-state index contributed by atoms with van der Waals surface area (Å²) in [4.78, 5) is 42.1. The van der Waals surface area contributed by atoms with E-state index in [-0.39, 0.29) is 24.2 Å². The van der Waals surface area contributed by atoms with Crippen LogP contribution < -0.4 is 25.3 Å². The lowest BCUT2D eigenvalue weighted by Crippen LogP contribution is -2.32. The molecular formula is C29H28N6O5. The average molecular weight is 541 g/mol. The molecule has 1 amide bonds. The molecule has 2 aromatic carbocycles. The van der Waals surface area contributed by atoms with Gasteiger partial charge in [0.2, 0.25) is 11.1 Å². The molecule has 2 aromatic rings. The minimum absolute atomic E-state index is 0.108. The number of nitrogens with zero attached hydrogens (tertiary/aromatic N) is 5. The quantitative estimate of drug-likeness (QED) is 0.0503. The van der Waals surface area contributed by atoms with Crippen molar-refractivity contribution in [2.45, 2.75) is 6.42 Å². The van der Waals surface area contributed by atoms with Crippen LogP contribution in [0.5, 0.6) is 0 Å². The molecule has 1 heterocycles. The van der Waals surface area contributed by atoms with Crippen LogP contribution in [0.4, 0.5) is 5.69 Å². The Morgan fingerprint density at radius 1 is 1.05 bits per heavy atom. The zero-order valence-corrected chi connectivity index (χ0v) is 22.6. The van der Waals surface area contributed by atoms with E-state index < -0.39 is 17.7 Å². The van der Waals surface area contributed by atoms with Crippen molar-refractivity contribution in [2.24, 2.45) is 5.11 Å². The minimum Gasteiger partial charge on any atom is -0.541 e. The number of azide groups is 1. The lowest BCUT2D eigenvalue weighted by atomic mass is 9.88. The topological polar surface area (TPSA) is 154 Å². The fourth-order valence-electron chi connectivity index (χ4n) is 4.41. The number of carboxylic acids is 1. The van der Waals surface area contributed by atoms with Crippen LogP contribution in [0.15, 0.2) is 64.1 Å². The van der Waals surface area contributed by atoms with Crippen molar-refractivity contribution in [3.05, 3.63) is 81.5 Å². The molecule has 0 unspecified atom stereocenters. The van der Waals surface area contributed by atoms with Crippen molar-refractivity contribution in [1.29, 1.82) is 0 Å².